The van der Waals surface area contributed by atoms with Crippen molar-refractivity contribution in [2.45, 2.75) is 19.9 Å². The number of phenols is 1. The molecule has 0 aromatic heterocycles. The van der Waals surface area contributed by atoms with Crippen LogP contribution in [0.3, 0.4) is 0 Å². The predicted octanol–water partition coefficient (Wildman–Crippen LogP) is 2.64. The van der Waals surface area contributed by atoms with Gasteiger partial charge in [0.25, 0.3) is 5.91 Å². The molecule has 0 atom stereocenters. The van der Waals surface area contributed by atoms with Crippen LogP contribution in [0.5, 0.6) is 5.75 Å². The average Bonchev–Trinajstić information content (AvgIpc) is 2.24. The standard InChI is InChI=1S/C12H16BrNO2/c1-9(2)14(7-6-13)12(16)10-4-3-5-11(15)8-10/h3-5,8-9,15H,6-7H2,1-2H3. The smallest absolute Gasteiger partial charge is 0.254 e. The summed E-state index contributed by atoms with van der Waals surface area (Å²) in [5, 5.41) is 10.1. The molecule has 0 bridgehead atoms. The van der Waals surface area contributed by atoms with Crippen molar-refractivity contribution in [1.82, 2.24) is 4.90 Å². The molecule has 0 unspecified atom stereocenters. The Kier molecular flexibility index (Phi) is 4.80. The van der Waals surface area contributed by atoms with E-state index < -0.39 is 0 Å². The maximum atomic E-state index is 12.1. The molecule has 88 valence electrons. The maximum absolute atomic E-state index is 12.1. The highest BCUT2D eigenvalue weighted by Crippen LogP contribution is 2.14. The number of halogens is 1. The van der Waals surface area contributed by atoms with Gasteiger partial charge in [-0.2, -0.15) is 0 Å². The molecule has 0 heterocycles. The fraction of sp³-hybridized carbons (Fsp3) is 0.417. The minimum atomic E-state index is -0.0506. The summed E-state index contributed by atoms with van der Waals surface area (Å²) >= 11 is 3.33. The van der Waals surface area contributed by atoms with Crippen molar-refractivity contribution >= 4 is 21.8 Å². The monoisotopic (exact) mass is 285 g/mol. The summed E-state index contributed by atoms with van der Waals surface area (Å²) in [6, 6.07) is 6.58. The van der Waals surface area contributed by atoms with Gasteiger partial charge >= 0.3 is 0 Å². The van der Waals surface area contributed by atoms with Crippen LogP contribution in [0.15, 0.2) is 24.3 Å². The number of hydrogen-bond acceptors (Lipinski definition) is 2. The number of benzene rings is 1. The third kappa shape index (κ3) is 3.23. The third-order valence-corrected chi connectivity index (χ3v) is 2.66. The van der Waals surface area contributed by atoms with E-state index in [1.807, 2.05) is 13.8 Å². The summed E-state index contributed by atoms with van der Waals surface area (Å²) in [5.74, 6) is 0.0683. The maximum Gasteiger partial charge on any atom is 0.254 e. The second kappa shape index (κ2) is 5.89. The molecule has 16 heavy (non-hydrogen) atoms. The van der Waals surface area contributed by atoms with Crippen LogP contribution in [-0.4, -0.2) is 33.8 Å². The molecule has 0 aliphatic rings. The second-order valence-electron chi connectivity index (χ2n) is 3.83. The highest BCUT2D eigenvalue weighted by atomic mass is 79.9. The van der Waals surface area contributed by atoms with E-state index in [0.29, 0.717) is 12.1 Å². The molecule has 1 amide bonds. The zero-order chi connectivity index (χ0) is 12.1. The minimum absolute atomic E-state index is 0.0506. The Morgan fingerprint density at radius 3 is 2.69 bits per heavy atom. The van der Waals surface area contributed by atoms with E-state index in [-0.39, 0.29) is 17.7 Å². The number of alkyl halides is 1. The van der Waals surface area contributed by atoms with E-state index >= 15 is 0 Å². The van der Waals surface area contributed by atoms with Crippen molar-refractivity contribution in [2.24, 2.45) is 0 Å². The summed E-state index contributed by atoms with van der Waals surface area (Å²) < 4.78 is 0. The molecule has 0 saturated carbocycles. The van der Waals surface area contributed by atoms with Crippen LogP contribution >= 0.6 is 15.9 Å². The van der Waals surface area contributed by atoms with Gasteiger partial charge in [0.05, 0.1) is 0 Å². The van der Waals surface area contributed by atoms with Gasteiger partial charge in [0.15, 0.2) is 0 Å². The van der Waals surface area contributed by atoms with Gasteiger partial charge in [-0.1, -0.05) is 22.0 Å². The molecule has 0 aliphatic heterocycles. The van der Waals surface area contributed by atoms with Crippen molar-refractivity contribution in [3.63, 3.8) is 0 Å². The number of aromatic hydroxyl groups is 1. The van der Waals surface area contributed by atoms with Crippen molar-refractivity contribution in [1.29, 1.82) is 0 Å². The lowest BCUT2D eigenvalue weighted by molar-refractivity contribution is 0.0719. The quantitative estimate of drug-likeness (QED) is 0.864. The summed E-state index contributed by atoms with van der Waals surface area (Å²) in [5.41, 5.74) is 0.523. The molecule has 0 fully saturated rings. The van der Waals surface area contributed by atoms with Gasteiger partial charge in [0.1, 0.15) is 5.75 Å². The summed E-state index contributed by atoms with van der Waals surface area (Å²) in [6.45, 7) is 4.61. The fourth-order valence-corrected chi connectivity index (χ4v) is 1.87. The number of carbonyl (C=O) groups is 1. The average molecular weight is 286 g/mol. The first kappa shape index (κ1) is 13.0. The molecule has 1 aromatic carbocycles. The normalized spacial score (nSPS) is 10.5. The van der Waals surface area contributed by atoms with Gasteiger partial charge in [0.2, 0.25) is 0 Å². The van der Waals surface area contributed by atoms with Gasteiger partial charge in [-0.05, 0) is 32.0 Å². The highest BCUT2D eigenvalue weighted by molar-refractivity contribution is 9.09. The molecule has 3 nitrogen and oxygen atoms in total. The molecule has 1 aromatic rings. The number of carbonyl (C=O) groups excluding carboxylic acids is 1. The molecule has 0 saturated heterocycles. The Morgan fingerprint density at radius 1 is 1.50 bits per heavy atom. The summed E-state index contributed by atoms with van der Waals surface area (Å²) in [4.78, 5) is 13.9. The van der Waals surface area contributed by atoms with Gasteiger partial charge < -0.3 is 10.0 Å². The van der Waals surface area contributed by atoms with E-state index in [0.717, 1.165) is 5.33 Å². The second-order valence-corrected chi connectivity index (χ2v) is 4.62. The number of hydrogen-bond donors (Lipinski definition) is 1. The van der Waals surface area contributed by atoms with E-state index in [2.05, 4.69) is 15.9 Å². The van der Waals surface area contributed by atoms with Crippen molar-refractivity contribution in [2.75, 3.05) is 11.9 Å². The third-order valence-electron chi connectivity index (χ3n) is 2.30. The zero-order valence-electron chi connectivity index (χ0n) is 9.48. The molecule has 4 heteroatoms. The Bertz CT molecular complexity index is 366. The first-order valence-electron chi connectivity index (χ1n) is 5.22. The SMILES string of the molecule is CC(C)N(CCBr)C(=O)c1cccc(O)c1. The summed E-state index contributed by atoms with van der Waals surface area (Å²) in [7, 11) is 0. The molecule has 0 aliphatic carbocycles. The van der Waals surface area contributed by atoms with Crippen LogP contribution in [0.2, 0.25) is 0 Å². The lowest BCUT2D eigenvalue weighted by Gasteiger charge is -2.26. The largest absolute Gasteiger partial charge is 0.508 e. The molecular weight excluding hydrogens is 270 g/mol. The van der Waals surface area contributed by atoms with Crippen LogP contribution in [-0.2, 0) is 0 Å². The van der Waals surface area contributed by atoms with Gasteiger partial charge in [-0.15, -0.1) is 0 Å². The molecule has 1 rings (SSSR count). The van der Waals surface area contributed by atoms with Crippen LogP contribution in [0.25, 0.3) is 0 Å². The van der Waals surface area contributed by atoms with Crippen LogP contribution in [0.4, 0.5) is 0 Å². The van der Waals surface area contributed by atoms with Crippen LogP contribution < -0.4 is 0 Å². The van der Waals surface area contributed by atoms with Crippen LogP contribution in [0, 0.1) is 0 Å². The van der Waals surface area contributed by atoms with E-state index in [1.54, 1.807) is 23.1 Å². The first-order valence-corrected chi connectivity index (χ1v) is 6.34. The molecular formula is C12H16BrNO2. The lowest BCUT2D eigenvalue weighted by atomic mass is 10.1. The highest BCUT2D eigenvalue weighted by Gasteiger charge is 2.17. The minimum Gasteiger partial charge on any atom is -0.508 e. The Labute approximate surface area is 104 Å². The number of nitrogens with zero attached hydrogens (tertiary/aromatic N) is 1. The van der Waals surface area contributed by atoms with E-state index in [1.165, 1.54) is 6.07 Å². The van der Waals surface area contributed by atoms with Gasteiger partial charge in [-0.3, -0.25) is 4.79 Å². The molecule has 1 N–H and O–H groups in total. The Balaban J connectivity index is 2.90. The van der Waals surface area contributed by atoms with E-state index in [4.69, 9.17) is 0 Å². The predicted molar refractivity (Wildman–Crippen MR) is 68.1 cm³/mol. The summed E-state index contributed by atoms with van der Waals surface area (Å²) in [6.07, 6.45) is 0. The van der Waals surface area contributed by atoms with Gasteiger partial charge in [0, 0.05) is 23.5 Å². The topological polar surface area (TPSA) is 40.5 Å². The van der Waals surface area contributed by atoms with Crippen LogP contribution in [0.1, 0.15) is 24.2 Å². The molecule has 0 radical (unpaired) electrons. The molecule has 0 spiro atoms. The van der Waals surface area contributed by atoms with E-state index in [9.17, 15) is 9.90 Å². The van der Waals surface area contributed by atoms with Crippen molar-refractivity contribution in [3.8, 4) is 5.75 Å². The Hall–Kier alpha value is -1.03. The van der Waals surface area contributed by atoms with Crippen molar-refractivity contribution in [3.05, 3.63) is 29.8 Å². The fourth-order valence-electron chi connectivity index (χ4n) is 1.49. The first-order chi connectivity index (χ1) is 7.56. The number of phenolic OH excluding ortho intramolecular Hbond substituents is 1. The number of amides is 1. The zero-order valence-corrected chi connectivity index (χ0v) is 11.1. The van der Waals surface area contributed by atoms with Crippen molar-refractivity contribution < 1.29 is 9.90 Å². The lowest BCUT2D eigenvalue weighted by Crippen LogP contribution is -2.38. The number of rotatable bonds is 4. The Morgan fingerprint density at radius 2 is 2.19 bits per heavy atom. The van der Waals surface area contributed by atoms with Gasteiger partial charge in [-0.25, -0.2) is 0 Å².